The Labute approximate surface area is 108 Å². The molecule has 19 heavy (non-hydrogen) atoms. The van der Waals surface area contributed by atoms with Gasteiger partial charge in [0.15, 0.2) is 11.9 Å². The number of nitrogens with one attached hydrogen (secondary N) is 1. The molecule has 98 valence electrons. The van der Waals surface area contributed by atoms with Crippen LogP contribution in [0.15, 0.2) is 16.7 Å². The molecule has 0 fully saturated rings. The number of fused-ring (bicyclic) bond motifs is 1. The summed E-state index contributed by atoms with van der Waals surface area (Å²) in [6, 6.07) is 3.25. The molecule has 1 aromatic carbocycles. The summed E-state index contributed by atoms with van der Waals surface area (Å²) in [5.41, 5.74) is 0.699. The van der Waals surface area contributed by atoms with Gasteiger partial charge >= 0.3 is 0 Å². The molecule has 0 aliphatic carbocycles. The molecule has 0 saturated heterocycles. The number of furan rings is 1. The van der Waals surface area contributed by atoms with Crippen molar-refractivity contribution in [2.24, 2.45) is 0 Å². The Balaban J connectivity index is 2.59. The average Bonchev–Trinajstić information content (AvgIpc) is 2.78. The van der Waals surface area contributed by atoms with Crippen LogP contribution in [0.1, 0.15) is 22.8 Å². The summed E-state index contributed by atoms with van der Waals surface area (Å²) in [5, 5.41) is 31.4. The van der Waals surface area contributed by atoms with Crippen molar-refractivity contribution in [2.45, 2.75) is 13.0 Å². The standard InChI is InChI=1S/C13H12N2O4/c1-7(17)4-15-11-6-19-13-9(11)2-8(5-16)12(18)10(13)3-14/h2,5-7,15,17-18H,4H2,1H3/t7-/m1/s1. The Morgan fingerprint density at radius 1 is 1.63 bits per heavy atom. The lowest BCUT2D eigenvalue weighted by Gasteiger charge is -2.07. The van der Waals surface area contributed by atoms with Crippen LogP contribution in [-0.4, -0.2) is 29.1 Å². The summed E-state index contributed by atoms with van der Waals surface area (Å²) in [6.45, 7) is 1.92. The second kappa shape index (κ2) is 5.00. The van der Waals surface area contributed by atoms with Crippen LogP contribution < -0.4 is 5.32 Å². The predicted molar refractivity (Wildman–Crippen MR) is 68.2 cm³/mol. The number of hydrogen-bond acceptors (Lipinski definition) is 6. The summed E-state index contributed by atoms with van der Waals surface area (Å²) < 4.78 is 5.24. The number of hydrogen-bond donors (Lipinski definition) is 3. The molecular weight excluding hydrogens is 248 g/mol. The Morgan fingerprint density at radius 3 is 2.95 bits per heavy atom. The van der Waals surface area contributed by atoms with Crippen molar-refractivity contribution >= 4 is 22.9 Å². The fourth-order valence-corrected chi connectivity index (χ4v) is 1.77. The number of phenolic OH excluding ortho intramolecular Hbond substituents is 1. The fraction of sp³-hybridized carbons (Fsp3) is 0.231. The molecule has 2 rings (SSSR count). The first-order valence-corrected chi connectivity index (χ1v) is 5.62. The smallest absolute Gasteiger partial charge is 0.157 e. The first-order chi connectivity index (χ1) is 9.08. The average molecular weight is 260 g/mol. The van der Waals surface area contributed by atoms with E-state index in [1.807, 2.05) is 6.07 Å². The summed E-state index contributed by atoms with van der Waals surface area (Å²) in [7, 11) is 0. The minimum absolute atomic E-state index is 0.0190. The SMILES string of the molecule is C[C@@H](O)CNc1coc2c(C#N)c(O)c(C=O)cc12. The topological polar surface area (TPSA) is 106 Å². The van der Waals surface area contributed by atoms with Crippen LogP contribution in [0.3, 0.4) is 0 Å². The maximum Gasteiger partial charge on any atom is 0.157 e. The van der Waals surface area contributed by atoms with Crippen LogP contribution in [0.4, 0.5) is 5.69 Å². The molecule has 1 heterocycles. The van der Waals surface area contributed by atoms with Crippen LogP contribution in [0.25, 0.3) is 11.0 Å². The van der Waals surface area contributed by atoms with Crippen LogP contribution in [-0.2, 0) is 0 Å². The molecule has 0 radical (unpaired) electrons. The van der Waals surface area contributed by atoms with E-state index < -0.39 is 6.10 Å². The number of anilines is 1. The number of aldehydes is 1. The number of aliphatic hydroxyl groups excluding tert-OH is 1. The molecule has 0 amide bonds. The van der Waals surface area contributed by atoms with Gasteiger partial charge in [0.2, 0.25) is 0 Å². The van der Waals surface area contributed by atoms with E-state index in [1.165, 1.54) is 12.3 Å². The minimum atomic E-state index is -0.553. The highest BCUT2D eigenvalue weighted by molar-refractivity contribution is 6.00. The molecule has 0 aliphatic heterocycles. The molecule has 6 heteroatoms. The number of carbonyl (C=O) groups excluding carboxylic acids is 1. The van der Waals surface area contributed by atoms with Crippen LogP contribution in [0.2, 0.25) is 0 Å². The van der Waals surface area contributed by atoms with E-state index >= 15 is 0 Å². The summed E-state index contributed by atoms with van der Waals surface area (Å²) in [6.07, 6.45) is 1.30. The molecule has 3 N–H and O–H groups in total. The summed E-state index contributed by atoms with van der Waals surface area (Å²) in [5.74, 6) is -0.388. The van der Waals surface area contributed by atoms with E-state index in [9.17, 15) is 15.0 Å². The lowest BCUT2D eigenvalue weighted by Crippen LogP contribution is -2.14. The third kappa shape index (κ3) is 2.23. The number of phenols is 1. The molecule has 1 aromatic heterocycles. The van der Waals surface area contributed by atoms with Gasteiger partial charge in [0.1, 0.15) is 23.6 Å². The van der Waals surface area contributed by atoms with Gasteiger partial charge in [0.05, 0.1) is 17.4 Å². The summed E-state index contributed by atoms with van der Waals surface area (Å²) >= 11 is 0. The Kier molecular flexibility index (Phi) is 3.40. The van der Waals surface area contributed by atoms with E-state index in [0.29, 0.717) is 23.9 Å². The third-order valence-electron chi connectivity index (χ3n) is 2.69. The molecule has 1 atom stereocenters. The second-order valence-electron chi connectivity index (χ2n) is 4.18. The Bertz CT molecular complexity index is 667. The van der Waals surface area contributed by atoms with Gasteiger partial charge in [0, 0.05) is 11.9 Å². The quantitative estimate of drug-likeness (QED) is 0.721. The van der Waals surface area contributed by atoms with Gasteiger partial charge in [-0.25, -0.2) is 0 Å². The Hall–Kier alpha value is -2.52. The zero-order valence-electron chi connectivity index (χ0n) is 10.2. The number of rotatable bonds is 4. The molecule has 0 unspecified atom stereocenters. The minimum Gasteiger partial charge on any atom is -0.506 e. The van der Waals surface area contributed by atoms with Crippen LogP contribution in [0.5, 0.6) is 5.75 Å². The van der Waals surface area contributed by atoms with Crippen molar-refractivity contribution in [3.05, 3.63) is 23.5 Å². The molecule has 0 saturated carbocycles. The van der Waals surface area contributed by atoms with Crippen molar-refractivity contribution in [3.63, 3.8) is 0 Å². The number of benzene rings is 1. The van der Waals surface area contributed by atoms with E-state index in [1.54, 1.807) is 6.92 Å². The molecule has 6 nitrogen and oxygen atoms in total. The predicted octanol–water partition coefficient (Wildman–Crippen LogP) is 1.62. The monoisotopic (exact) mass is 260 g/mol. The number of carbonyl (C=O) groups is 1. The maximum atomic E-state index is 10.9. The largest absolute Gasteiger partial charge is 0.506 e. The van der Waals surface area contributed by atoms with Crippen molar-refractivity contribution in [3.8, 4) is 11.8 Å². The van der Waals surface area contributed by atoms with E-state index in [4.69, 9.17) is 9.68 Å². The first-order valence-electron chi connectivity index (χ1n) is 5.62. The highest BCUT2D eigenvalue weighted by Crippen LogP contribution is 2.35. The molecule has 0 spiro atoms. The normalized spacial score (nSPS) is 12.1. The van der Waals surface area contributed by atoms with Gasteiger partial charge in [-0.15, -0.1) is 0 Å². The lowest BCUT2D eigenvalue weighted by molar-refractivity contribution is 0.112. The fourth-order valence-electron chi connectivity index (χ4n) is 1.77. The highest BCUT2D eigenvalue weighted by Gasteiger charge is 2.17. The summed E-state index contributed by atoms with van der Waals surface area (Å²) in [4.78, 5) is 10.9. The van der Waals surface area contributed by atoms with Gasteiger partial charge in [-0.2, -0.15) is 5.26 Å². The van der Waals surface area contributed by atoms with Gasteiger partial charge in [0.25, 0.3) is 0 Å². The van der Waals surface area contributed by atoms with Crippen molar-refractivity contribution in [1.29, 1.82) is 5.26 Å². The van der Waals surface area contributed by atoms with Crippen LogP contribution in [0, 0.1) is 11.3 Å². The first kappa shape index (κ1) is 12.9. The van der Waals surface area contributed by atoms with E-state index in [0.717, 1.165) is 0 Å². The van der Waals surface area contributed by atoms with E-state index in [-0.39, 0.29) is 22.5 Å². The number of nitriles is 1. The molecule has 0 aliphatic rings. The van der Waals surface area contributed by atoms with Gasteiger partial charge < -0.3 is 19.9 Å². The van der Waals surface area contributed by atoms with Crippen LogP contribution >= 0.6 is 0 Å². The number of nitrogens with zero attached hydrogens (tertiary/aromatic N) is 1. The number of aliphatic hydroxyl groups is 1. The van der Waals surface area contributed by atoms with Crippen molar-refractivity contribution in [2.75, 3.05) is 11.9 Å². The third-order valence-corrected chi connectivity index (χ3v) is 2.69. The molecule has 0 bridgehead atoms. The van der Waals surface area contributed by atoms with Gasteiger partial charge in [-0.3, -0.25) is 4.79 Å². The number of aromatic hydroxyl groups is 1. The zero-order chi connectivity index (χ0) is 14.0. The van der Waals surface area contributed by atoms with Gasteiger partial charge in [-0.1, -0.05) is 0 Å². The van der Waals surface area contributed by atoms with Crippen molar-refractivity contribution in [1.82, 2.24) is 0 Å². The lowest BCUT2D eigenvalue weighted by atomic mass is 10.1. The maximum absolute atomic E-state index is 10.9. The molecule has 2 aromatic rings. The zero-order valence-corrected chi connectivity index (χ0v) is 10.2. The van der Waals surface area contributed by atoms with Crippen molar-refractivity contribution < 1.29 is 19.4 Å². The molecular formula is C13H12N2O4. The Morgan fingerprint density at radius 2 is 2.37 bits per heavy atom. The second-order valence-corrected chi connectivity index (χ2v) is 4.18. The van der Waals surface area contributed by atoms with E-state index in [2.05, 4.69) is 5.32 Å². The van der Waals surface area contributed by atoms with Gasteiger partial charge in [-0.05, 0) is 13.0 Å². The highest BCUT2D eigenvalue weighted by atomic mass is 16.3.